The van der Waals surface area contributed by atoms with E-state index in [1.807, 2.05) is 10.6 Å². The highest BCUT2D eigenvalue weighted by Gasteiger charge is 2.09. The lowest BCUT2D eigenvalue weighted by Crippen LogP contribution is -2.05. The third kappa shape index (κ3) is 2.70. The quantitative estimate of drug-likeness (QED) is 0.659. The van der Waals surface area contributed by atoms with Crippen molar-refractivity contribution in [2.75, 3.05) is 0 Å². The van der Waals surface area contributed by atoms with E-state index in [-0.39, 0.29) is 23.8 Å². The molecule has 0 saturated carbocycles. The molecule has 0 bridgehead atoms. The van der Waals surface area contributed by atoms with Crippen molar-refractivity contribution in [1.82, 2.24) is 4.57 Å². The van der Waals surface area contributed by atoms with Crippen molar-refractivity contribution in [1.29, 1.82) is 0 Å². The van der Waals surface area contributed by atoms with Crippen LogP contribution in [0.3, 0.4) is 0 Å². The van der Waals surface area contributed by atoms with Gasteiger partial charge in [-0.05, 0) is 42.5 Å². The maximum Gasteiger partial charge on any atom is 0.164 e. The van der Waals surface area contributed by atoms with Crippen LogP contribution in [0.4, 0.5) is 8.78 Å². The molecule has 0 aliphatic carbocycles. The van der Waals surface area contributed by atoms with Gasteiger partial charge in [0.15, 0.2) is 5.78 Å². The monoisotopic (exact) mass is 285 g/mol. The zero-order chi connectivity index (χ0) is 14.8. The van der Waals surface area contributed by atoms with Crippen LogP contribution in [0.1, 0.15) is 16.8 Å². The Bertz CT molecular complexity index is 790. The second-order valence-corrected chi connectivity index (χ2v) is 4.86. The number of fused-ring (bicyclic) bond motifs is 1. The summed E-state index contributed by atoms with van der Waals surface area (Å²) >= 11 is 0. The summed E-state index contributed by atoms with van der Waals surface area (Å²) in [6.07, 6.45) is 2.05. The van der Waals surface area contributed by atoms with E-state index in [1.165, 1.54) is 30.3 Å². The average Bonchev–Trinajstić information content (AvgIpc) is 2.90. The molecule has 0 spiro atoms. The molecule has 2 aromatic carbocycles. The van der Waals surface area contributed by atoms with Gasteiger partial charge in [0.1, 0.15) is 11.6 Å². The van der Waals surface area contributed by atoms with Gasteiger partial charge >= 0.3 is 0 Å². The van der Waals surface area contributed by atoms with E-state index in [1.54, 1.807) is 18.3 Å². The van der Waals surface area contributed by atoms with Gasteiger partial charge in [0.2, 0.25) is 0 Å². The van der Waals surface area contributed by atoms with Gasteiger partial charge in [0.05, 0.1) is 5.52 Å². The molecule has 21 heavy (non-hydrogen) atoms. The Morgan fingerprint density at radius 3 is 2.52 bits per heavy atom. The number of hydrogen-bond donors (Lipinski definition) is 0. The van der Waals surface area contributed by atoms with Crippen LogP contribution in [0, 0.1) is 11.6 Å². The molecule has 3 aromatic rings. The molecule has 4 heteroatoms. The van der Waals surface area contributed by atoms with Crippen LogP contribution < -0.4 is 0 Å². The molecule has 0 saturated heterocycles. The van der Waals surface area contributed by atoms with Crippen LogP contribution in [-0.2, 0) is 6.54 Å². The highest BCUT2D eigenvalue weighted by molar-refractivity contribution is 5.96. The van der Waals surface area contributed by atoms with Crippen molar-refractivity contribution >= 4 is 16.7 Å². The van der Waals surface area contributed by atoms with Crippen molar-refractivity contribution in [2.24, 2.45) is 0 Å². The molecule has 0 radical (unpaired) electrons. The summed E-state index contributed by atoms with van der Waals surface area (Å²) in [4.78, 5) is 12.0. The van der Waals surface area contributed by atoms with Crippen LogP contribution in [-0.4, -0.2) is 10.4 Å². The fourth-order valence-corrected chi connectivity index (χ4v) is 2.38. The maximum atomic E-state index is 13.6. The van der Waals surface area contributed by atoms with Crippen LogP contribution in [0.15, 0.2) is 54.7 Å². The van der Waals surface area contributed by atoms with E-state index < -0.39 is 0 Å². The van der Waals surface area contributed by atoms with Crippen molar-refractivity contribution in [3.05, 3.63) is 71.9 Å². The van der Waals surface area contributed by atoms with E-state index in [2.05, 4.69) is 0 Å². The summed E-state index contributed by atoms with van der Waals surface area (Å²) in [5, 5.41) is 0.548. The number of aromatic nitrogens is 1. The number of halogens is 2. The molecular formula is C17H13F2NO. The predicted molar refractivity (Wildman–Crippen MR) is 77.2 cm³/mol. The van der Waals surface area contributed by atoms with Gasteiger partial charge in [-0.15, -0.1) is 0 Å². The Kier molecular flexibility index (Phi) is 3.52. The molecule has 0 aliphatic heterocycles. The molecule has 3 rings (SSSR count). The molecular weight excluding hydrogens is 272 g/mol. The molecule has 0 unspecified atom stereocenters. The lowest BCUT2D eigenvalue weighted by Gasteiger charge is -2.05. The summed E-state index contributed by atoms with van der Waals surface area (Å²) in [5.74, 6) is -0.692. The third-order valence-electron chi connectivity index (χ3n) is 3.51. The van der Waals surface area contributed by atoms with Gasteiger partial charge < -0.3 is 4.57 Å². The number of nitrogens with zero attached hydrogens (tertiary/aromatic N) is 1. The van der Waals surface area contributed by atoms with E-state index >= 15 is 0 Å². The van der Waals surface area contributed by atoms with Gasteiger partial charge in [0.25, 0.3) is 0 Å². The lowest BCUT2D eigenvalue weighted by molar-refractivity contribution is 0.0977. The molecule has 0 N–H and O–H groups in total. The number of benzene rings is 2. The number of hydrogen-bond acceptors (Lipinski definition) is 1. The SMILES string of the molecule is O=C(CCn1ccc2c(F)cccc21)c1ccc(F)cc1. The second kappa shape index (κ2) is 5.48. The third-order valence-corrected chi connectivity index (χ3v) is 3.51. The number of aryl methyl sites for hydroxylation is 1. The fourth-order valence-electron chi connectivity index (χ4n) is 2.38. The van der Waals surface area contributed by atoms with Crippen molar-refractivity contribution in [3.63, 3.8) is 0 Å². The molecule has 0 amide bonds. The number of carbonyl (C=O) groups excluding carboxylic acids is 1. The standard InChI is InChI=1S/C17H13F2NO/c18-13-6-4-12(5-7-13)17(21)9-11-20-10-8-14-15(19)2-1-3-16(14)20/h1-8,10H,9,11H2. The van der Waals surface area contributed by atoms with E-state index in [4.69, 9.17) is 0 Å². The highest BCUT2D eigenvalue weighted by atomic mass is 19.1. The Hall–Kier alpha value is -2.49. The van der Waals surface area contributed by atoms with Crippen LogP contribution in [0.5, 0.6) is 0 Å². The van der Waals surface area contributed by atoms with Gasteiger partial charge in [0, 0.05) is 30.1 Å². The smallest absolute Gasteiger partial charge is 0.164 e. The summed E-state index contributed by atoms with van der Waals surface area (Å²) in [6.45, 7) is 0.461. The zero-order valence-corrected chi connectivity index (χ0v) is 11.2. The number of Topliss-reactive ketones (excluding diaryl/α,β-unsaturated/α-hetero) is 1. The van der Waals surface area contributed by atoms with Gasteiger partial charge in [-0.25, -0.2) is 8.78 Å². The molecule has 0 fully saturated rings. The Balaban J connectivity index is 1.76. The first-order valence-electron chi connectivity index (χ1n) is 6.67. The number of rotatable bonds is 4. The maximum absolute atomic E-state index is 13.6. The number of ketones is 1. The zero-order valence-electron chi connectivity index (χ0n) is 11.2. The van der Waals surface area contributed by atoms with E-state index in [0.29, 0.717) is 17.5 Å². The topological polar surface area (TPSA) is 22.0 Å². The Labute approximate surface area is 120 Å². The van der Waals surface area contributed by atoms with Crippen LogP contribution in [0.25, 0.3) is 10.9 Å². The minimum atomic E-state index is -0.363. The van der Waals surface area contributed by atoms with Gasteiger partial charge in [-0.2, -0.15) is 0 Å². The van der Waals surface area contributed by atoms with Gasteiger partial charge in [-0.1, -0.05) is 6.07 Å². The second-order valence-electron chi connectivity index (χ2n) is 4.86. The van der Waals surface area contributed by atoms with Crippen LogP contribution in [0.2, 0.25) is 0 Å². The fraction of sp³-hybridized carbons (Fsp3) is 0.118. The normalized spacial score (nSPS) is 11.0. The molecule has 1 aromatic heterocycles. The predicted octanol–water partition coefficient (Wildman–Crippen LogP) is 4.19. The molecule has 106 valence electrons. The molecule has 1 heterocycles. The molecule has 0 aliphatic rings. The van der Waals surface area contributed by atoms with Crippen molar-refractivity contribution in [3.8, 4) is 0 Å². The molecule has 2 nitrogen and oxygen atoms in total. The van der Waals surface area contributed by atoms with Gasteiger partial charge in [-0.3, -0.25) is 4.79 Å². The van der Waals surface area contributed by atoms with Crippen LogP contribution >= 0.6 is 0 Å². The summed E-state index contributed by atoms with van der Waals surface area (Å²) in [5.41, 5.74) is 1.25. The minimum absolute atomic E-state index is 0.0618. The lowest BCUT2D eigenvalue weighted by atomic mass is 10.1. The number of carbonyl (C=O) groups is 1. The average molecular weight is 285 g/mol. The Morgan fingerprint density at radius 2 is 1.76 bits per heavy atom. The summed E-state index contributed by atoms with van der Waals surface area (Å²) in [6, 6.07) is 12.1. The van der Waals surface area contributed by atoms with E-state index in [9.17, 15) is 13.6 Å². The molecule has 0 atom stereocenters. The summed E-state index contributed by atoms with van der Waals surface area (Å²) in [7, 11) is 0. The van der Waals surface area contributed by atoms with Crippen molar-refractivity contribution in [2.45, 2.75) is 13.0 Å². The van der Waals surface area contributed by atoms with E-state index in [0.717, 1.165) is 5.52 Å². The highest BCUT2D eigenvalue weighted by Crippen LogP contribution is 2.19. The summed E-state index contributed by atoms with van der Waals surface area (Å²) < 4.78 is 28.3. The minimum Gasteiger partial charge on any atom is -0.347 e. The first-order chi connectivity index (χ1) is 10.1. The first kappa shape index (κ1) is 13.5. The largest absolute Gasteiger partial charge is 0.347 e. The first-order valence-corrected chi connectivity index (χ1v) is 6.67. The Morgan fingerprint density at radius 1 is 1.00 bits per heavy atom. The van der Waals surface area contributed by atoms with Crippen molar-refractivity contribution < 1.29 is 13.6 Å².